The summed E-state index contributed by atoms with van der Waals surface area (Å²) < 4.78 is 6.76. The van der Waals surface area contributed by atoms with Crippen LogP contribution >= 0.6 is 0 Å². The molecule has 8 heteroatoms. The molecule has 0 aromatic carbocycles. The molecule has 200 valence electrons. The number of carbonyl (C=O) groups is 2. The van der Waals surface area contributed by atoms with Crippen molar-refractivity contribution in [1.29, 1.82) is 0 Å². The number of piperidine rings is 1. The Morgan fingerprint density at radius 3 is 2.44 bits per heavy atom. The molecular weight excluding hydrogens is 458 g/mol. The molecule has 1 aromatic heterocycles. The molecule has 1 unspecified atom stereocenters. The average Bonchev–Trinajstić information content (AvgIpc) is 3.35. The van der Waals surface area contributed by atoms with Crippen molar-refractivity contribution in [2.75, 3.05) is 34.3 Å². The van der Waals surface area contributed by atoms with Gasteiger partial charge >= 0.3 is 0 Å². The van der Waals surface area contributed by atoms with Crippen molar-refractivity contribution >= 4 is 11.8 Å². The van der Waals surface area contributed by atoms with Gasteiger partial charge < -0.3 is 24.2 Å². The largest absolute Gasteiger partial charge is 0.496 e. The molecular formula is C28H43N3O5. The zero-order chi connectivity index (χ0) is 25.9. The first-order valence-electron chi connectivity index (χ1n) is 13.7. The van der Waals surface area contributed by atoms with Crippen molar-refractivity contribution in [1.82, 2.24) is 14.4 Å². The molecule has 1 spiro atoms. The maximum atomic E-state index is 13.2. The van der Waals surface area contributed by atoms with E-state index in [1.165, 1.54) is 60.9 Å². The Kier molecular flexibility index (Phi) is 8.12. The number of ether oxygens (including phenoxy) is 1. The van der Waals surface area contributed by atoms with E-state index in [1.54, 1.807) is 14.1 Å². The summed E-state index contributed by atoms with van der Waals surface area (Å²) in [6, 6.07) is 1.32. The van der Waals surface area contributed by atoms with Gasteiger partial charge in [0.05, 0.1) is 24.8 Å². The summed E-state index contributed by atoms with van der Waals surface area (Å²) in [5.74, 6) is 0.845. The summed E-state index contributed by atoms with van der Waals surface area (Å²) in [5.41, 5.74) is -1.58. The molecule has 1 aromatic rings. The number of hydrogen-bond acceptors (Lipinski definition) is 5. The van der Waals surface area contributed by atoms with Crippen LogP contribution in [-0.4, -0.2) is 71.2 Å². The van der Waals surface area contributed by atoms with Crippen LogP contribution in [-0.2, 0) is 11.3 Å². The minimum absolute atomic E-state index is 0.105. The second-order valence-corrected chi connectivity index (χ2v) is 11.5. The second-order valence-electron chi connectivity index (χ2n) is 11.5. The van der Waals surface area contributed by atoms with E-state index in [2.05, 4.69) is 0 Å². The normalized spacial score (nSPS) is 24.2. The number of carbonyl (C=O) groups excluding carboxylic acids is 2. The van der Waals surface area contributed by atoms with Crippen molar-refractivity contribution in [3.8, 4) is 5.75 Å². The molecule has 3 aliphatic rings. The van der Waals surface area contributed by atoms with Crippen molar-refractivity contribution in [3.05, 3.63) is 28.2 Å². The second kappa shape index (κ2) is 11.0. The molecule has 8 nitrogen and oxygen atoms in total. The molecule has 1 aliphatic heterocycles. The number of likely N-dealkylation sites (tertiary alicyclic amines) is 1. The highest BCUT2D eigenvalue weighted by Crippen LogP contribution is 2.51. The number of pyridine rings is 1. The van der Waals surface area contributed by atoms with E-state index in [0.29, 0.717) is 37.4 Å². The number of rotatable bonds is 7. The van der Waals surface area contributed by atoms with Gasteiger partial charge in [0.25, 0.3) is 11.5 Å². The summed E-state index contributed by atoms with van der Waals surface area (Å²) in [6.45, 7) is 1.14. The first kappa shape index (κ1) is 26.7. The van der Waals surface area contributed by atoms with Gasteiger partial charge in [0.15, 0.2) is 0 Å². The van der Waals surface area contributed by atoms with Gasteiger partial charge in [0.2, 0.25) is 5.91 Å². The number of methoxy groups -OCH3 is 1. The highest BCUT2D eigenvalue weighted by molar-refractivity contribution is 5.96. The zero-order valence-electron chi connectivity index (χ0n) is 22.3. The Balaban J connectivity index is 1.52. The molecule has 0 radical (unpaired) electrons. The summed E-state index contributed by atoms with van der Waals surface area (Å²) in [4.78, 5) is 42.3. The average molecular weight is 502 g/mol. The van der Waals surface area contributed by atoms with Gasteiger partial charge in [-0.3, -0.25) is 14.4 Å². The van der Waals surface area contributed by atoms with Crippen molar-refractivity contribution in [2.24, 2.45) is 11.3 Å². The molecule has 2 saturated carbocycles. The van der Waals surface area contributed by atoms with Crippen molar-refractivity contribution in [3.63, 3.8) is 0 Å². The number of nitrogens with zero attached hydrogens (tertiary/aromatic N) is 3. The molecule has 1 saturated heterocycles. The van der Waals surface area contributed by atoms with E-state index in [9.17, 15) is 19.5 Å². The van der Waals surface area contributed by atoms with Gasteiger partial charge in [0.1, 0.15) is 5.75 Å². The number of hydrogen-bond donors (Lipinski definition) is 1. The van der Waals surface area contributed by atoms with Crippen LogP contribution in [0.5, 0.6) is 5.75 Å². The molecule has 2 heterocycles. The standard InChI is InChI=1S/C28H43N3O5/c1-29(2)26(34)22-18-31(25(33)17-23(22)36-3)20-28(35)15-16-30(19-27(28)13-7-8-14-27)24(32)12-11-21-9-5-4-6-10-21/h17-18,21,35H,4-16,19-20H2,1-3H3. The fourth-order valence-electron chi connectivity index (χ4n) is 6.80. The quantitative estimate of drug-likeness (QED) is 0.618. The van der Waals surface area contributed by atoms with Crippen LogP contribution in [0.1, 0.15) is 87.4 Å². The van der Waals surface area contributed by atoms with Crippen LogP contribution in [0.3, 0.4) is 0 Å². The molecule has 2 aliphatic carbocycles. The highest BCUT2D eigenvalue weighted by atomic mass is 16.5. The third-order valence-corrected chi connectivity index (χ3v) is 9.06. The number of aromatic nitrogens is 1. The fourth-order valence-corrected chi connectivity index (χ4v) is 6.80. The molecule has 36 heavy (non-hydrogen) atoms. The van der Waals surface area contributed by atoms with Gasteiger partial charge in [0, 0.05) is 51.3 Å². The number of aliphatic hydroxyl groups is 1. The van der Waals surface area contributed by atoms with Gasteiger partial charge in [-0.15, -0.1) is 0 Å². The lowest BCUT2D eigenvalue weighted by Crippen LogP contribution is -2.62. The van der Waals surface area contributed by atoms with Crippen molar-refractivity contribution in [2.45, 2.75) is 89.2 Å². The summed E-state index contributed by atoms with van der Waals surface area (Å²) in [6.07, 6.45) is 13.6. The van der Waals surface area contributed by atoms with E-state index in [1.807, 2.05) is 4.90 Å². The van der Waals surface area contributed by atoms with Gasteiger partial charge in [-0.2, -0.15) is 0 Å². The van der Waals surface area contributed by atoms with E-state index < -0.39 is 11.0 Å². The lowest BCUT2D eigenvalue weighted by Gasteiger charge is -2.52. The lowest BCUT2D eigenvalue weighted by atomic mass is 9.65. The van der Waals surface area contributed by atoms with Crippen LogP contribution < -0.4 is 10.3 Å². The topological polar surface area (TPSA) is 92.1 Å². The minimum atomic E-state index is -1.12. The lowest BCUT2D eigenvalue weighted by molar-refractivity contribution is -0.160. The SMILES string of the molecule is COc1cc(=O)n(CC2(O)CCN(C(=O)CCC3CCCCC3)CC23CCCC3)cc1C(=O)N(C)C. The molecule has 1 atom stereocenters. The van der Waals surface area contributed by atoms with Crippen LogP contribution in [0.15, 0.2) is 17.1 Å². The van der Waals surface area contributed by atoms with Crippen LogP contribution in [0.2, 0.25) is 0 Å². The predicted octanol–water partition coefficient (Wildman–Crippen LogP) is 3.44. The van der Waals surface area contributed by atoms with E-state index >= 15 is 0 Å². The monoisotopic (exact) mass is 501 g/mol. The summed E-state index contributed by atoms with van der Waals surface area (Å²) >= 11 is 0. The molecule has 2 amide bonds. The van der Waals surface area contributed by atoms with Crippen LogP contribution in [0.25, 0.3) is 0 Å². The van der Waals surface area contributed by atoms with E-state index in [-0.39, 0.29) is 29.7 Å². The Morgan fingerprint density at radius 2 is 1.81 bits per heavy atom. The molecule has 4 rings (SSSR count). The maximum Gasteiger partial charge on any atom is 0.258 e. The predicted molar refractivity (Wildman–Crippen MR) is 138 cm³/mol. The van der Waals surface area contributed by atoms with Gasteiger partial charge in [-0.1, -0.05) is 44.9 Å². The van der Waals surface area contributed by atoms with Gasteiger partial charge in [-0.25, -0.2) is 0 Å². The first-order chi connectivity index (χ1) is 17.2. The van der Waals surface area contributed by atoms with Crippen molar-refractivity contribution < 1.29 is 19.4 Å². The number of amides is 2. The third kappa shape index (κ3) is 5.34. The summed E-state index contributed by atoms with van der Waals surface area (Å²) in [7, 11) is 4.74. The van der Waals surface area contributed by atoms with Crippen LogP contribution in [0.4, 0.5) is 0 Å². The molecule has 0 bridgehead atoms. The Morgan fingerprint density at radius 1 is 1.11 bits per heavy atom. The summed E-state index contributed by atoms with van der Waals surface area (Å²) in [5, 5.41) is 12.1. The Labute approximate surface area is 214 Å². The first-order valence-corrected chi connectivity index (χ1v) is 13.7. The third-order valence-electron chi connectivity index (χ3n) is 9.06. The van der Waals surface area contributed by atoms with E-state index in [4.69, 9.17) is 4.74 Å². The Hall–Kier alpha value is -2.35. The maximum absolute atomic E-state index is 13.2. The smallest absolute Gasteiger partial charge is 0.258 e. The Bertz CT molecular complexity index is 1010. The molecule has 1 N–H and O–H groups in total. The van der Waals surface area contributed by atoms with Crippen LogP contribution in [0, 0.1) is 11.3 Å². The zero-order valence-corrected chi connectivity index (χ0v) is 22.3. The van der Waals surface area contributed by atoms with E-state index in [0.717, 1.165) is 32.1 Å². The highest BCUT2D eigenvalue weighted by Gasteiger charge is 2.55. The van der Waals surface area contributed by atoms with Gasteiger partial charge in [-0.05, 0) is 31.6 Å². The fraction of sp³-hybridized carbons (Fsp3) is 0.750. The minimum Gasteiger partial charge on any atom is -0.496 e. The molecule has 3 fully saturated rings.